The molecule has 1 saturated heterocycles. The van der Waals surface area contributed by atoms with E-state index in [1.807, 2.05) is 0 Å². The molecule has 0 aromatic heterocycles. The van der Waals surface area contributed by atoms with Gasteiger partial charge in [-0.3, -0.25) is 0 Å². The number of para-hydroxylation sites is 1. The maximum atomic E-state index is 2.56. The smallest absolute Gasteiger partial charge is 0.0366 e. The summed E-state index contributed by atoms with van der Waals surface area (Å²) in [5.74, 6) is 10.4. The Morgan fingerprint density at radius 1 is 0.571 bits per heavy atom. The van der Waals surface area contributed by atoms with Crippen molar-refractivity contribution < 1.29 is 0 Å². The van der Waals surface area contributed by atoms with Gasteiger partial charge in [0.25, 0.3) is 0 Å². The molecule has 0 spiro atoms. The van der Waals surface area contributed by atoms with Gasteiger partial charge >= 0.3 is 0 Å². The molecule has 0 N–H and O–H groups in total. The van der Waals surface area contributed by atoms with E-state index in [1.54, 1.807) is 0 Å². The predicted octanol–water partition coefficient (Wildman–Crippen LogP) is 4.44. The van der Waals surface area contributed by atoms with Crippen molar-refractivity contribution in [3.63, 3.8) is 0 Å². The third-order valence-corrected chi connectivity index (χ3v) is 7.92. The first-order chi connectivity index (χ1) is 10.5. The lowest BCUT2D eigenvalue weighted by Gasteiger charge is -2.24. The number of benzene rings is 1. The van der Waals surface area contributed by atoms with Gasteiger partial charge in [-0.1, -0.05) is 18.2 Å². The molecule has 0 saturated carbocycles. The molecular weight excluding hydrogens is 334 g/mol. The Morgan fingerprint density at radius 2 is 1.00 bits per heavy atom. The standard InChI is InChI=1S/C16H25NS4/c1-2-4-16(5-3-1)17-6-8-18-10-12-20-14-15-21-13-11-19-9-7-17/h1-5H,6-15H2. The maximum Gasteiger partial charge on any atom is 0.0366 e. The van der Waals surface area contributed by atoms with Crippen molar-refractivity contribution in [2.45, 2.75) is 0 Å². The molecule has 0 aliphatic carbocycles. The molecule has 0 atom stereocenters. The predicted molar refractivity (Wildman–Crippen MR) is 108 cm³/mol. The van der Waals surface area contributed by atoms with Gasteiger partial charge in [0.15, 0.2) is 0 Å². The molecular formula is C16H25NS4. The molecule has 1 aliphatic heterocycles. The third-order valence-electron chi connectivity index (χ3n) is 3.25. The second kappa shape index (κ2) is 11.9. The number of hydrogen-bond acceptors (Lipinski definition) is 5. The van der Waals surface area contributed by atoms with Gasteiger partial charge in [-0.25, -0.2) is 0 Å². The van der Waals surface area contributed by atoms with Gasteiger partial charge in [0, 0.05) is 64.8 Å². The van der Waals surface area contributed by atoms with Crippen LogP contribution in [0.25, 0.3) is 0 Å². The van der Waals surface area contributed by atoms with E-state index in [0.29, 0.717) is 0 Å². The van der Waals surface area contributed by atoms with Crippen LogP contribution in [-0.4, -0.2) is 59.1 Å². The van der Waals surface area contributed by atoms with Crippen molar-refractivity contribution in [1.82, 2.24) is 0 Å². The van der Waals surface area contributed by atoms with Crippen LogP contribution < -0.4 is 4.90 Å². The first kappa shape index (κ1) is 17.8. The van der Waals surface area contributed by atoms with Gasteiger partial charge in [0.05, 0.1) is 0 Å². The van der Waals surface area contributed by atoms with Crippen molar-refractivity contribution in [3.05, 3.63) is 30.3 Å². The van der Waals surface area contributed by atoms with Crippen LogP contribution in [0.5, 0.6) is 0 Å². The van der Waals surface area contributed by atoms with Crippen LogP contribution in [0.15, 0.2) is 30.3 Å². The Hall–Kier alpha value is 0.420. The minimum atomic E-state index is 1.18. The summed E-state index contributed by atoms with van der Waals surface area (Å²) >= 11 is 8.45. The second-order valence-corrected chi connectivity index (χ2v) is 9.67. The highest BCUT2D eigenvalue weighted by Crippen LogP contribution is 2.17. The molecule has 21 heavy (non-hydrogen) atoms. The van der Waals surface area contributed by atoms with Crippen LogP contribution in [0.2, 0.25) is 0 Å². The van der Waals surface area contributed by atoms with Crippen LogP contribution in [0.1, 0.15) is 0 Å². The van der Waals surface area contributed by atoms with Crippen molar-refractivity contribution in [2.75, 3.05) is 64.0 Å². The Morgan fingerprint density at radius 3 is 1.48 bits per heavy atom. The van der Waals surface area contributed by atoms with Crippen molar-refractivity contribution in [2.24, 2.45) is 0 Å². The average Bonchev–Trinajstić information content (AvgIpc) is 2.54. The molecule has 0 radical (unpaired) electrons. The molecule has 0 bridgehead atoms. The summed E-state index contributed by atoms with van der Waals surface area (Å²) in [7, 11) is 0. The lowest BCUT2D eigenvalue weighted by molar-refractivity contribution is 0.879. The normalized spacial score (nSPS) is 20.5. The number of anilines is 1. The number of thioether (sulfide) groups is 4. The topological polar surface area (TPSA) is 3.24 Å². The molecule has 1 heterocycles. The van der Waals surface area contributed by atoms with E-state index in [1.165, 1.54) is 64.8 Å². The van der Waals surface area contributed by atoms with Crippen LogP contribution in [0, 0.1) is 0 Å². The van der Waals surface area contributed by atoms with E-state index < -0.39 is 0 Å². The lowest BCUT2D eigenvalue weighted by Crippen LogP contribution is -2.28. The maximum absolute atomic E-state index is 2.56. The number of nitrogens with zero attached hydrogens (tertiary/aromatic N) is 1. The molecule has 2 rings (SSSR count). The first-order valence-electron chi connectivity index (χ1n) is 7.58. The number of hydrogen-bond donors (Lipinski definition) is 0. The molecule has 1 aliphatic rings. The zero-order chi connectivity index (χ0) is 14.6. The van der Waals surface area contributed by atoms with Crippen molar-refractivity contribution in [1.29, 1.82) is 0 Å². The molecule has 1 aromatic carbocycles. The summed E-state index contributed by atoms with van der Waals surface area (Å²) in [4.78, 5) is 2.56. The van der Waals surface area contributed by atoms with Crippen molar-refractivity contribution >= 4 is 52.7 Å². The summed E-state index contributed by atoms with van der Waals surface area (Å²) in [5.41, 5.74) is 1.38. The Labute approximate surface area is 146 Å². The van der Waals surface area contributed by atoms with Crippen LogP contribution in [0.4, 0.5) is 5.69 Å². The summed E-state index contributed by atoms with van der Waals surface area (Å²) in [6, 6.07) is 10.9. The second-order valence-electron chi connectivity index (χ2n) is 4.77. The van der Waals surface area contributed by atoms with Crippen LogP contribution in [0.3, 0.4) is 0 Å². The minimum absolute atomic E-state index is 1.18. The molecule has 1 aromatic rings. The quantitative estimate of drug-likeness (QED) is 0.727. The number of rotatable bonds is 1. The monoisotopic (exact) mass is 359 g/mol. The average molecular weight is 360 g/mol. The SMILES string of the molecule is c1ccc(N2CCSCCSCCSCCSCC2)cc1. The zero-order valence-corrected chi connectivity index (χ0v) is 15.8. The van der Waals surface area contributed by atoms with Crippen LogP contribution in [-0.2, 0) is 0 Å². The molecule has 5 heteroatoms. The summed E-state index contributed by atoms with van der Waals surface area (Å²) in [6.45, 7) is 2.35. The molecule has 0 amide bonds. The highest BCUT2D eigenvalue weighted by molar-refractivity contribution is 8.05. The zero-order valence-electron chi connectivity index (χ0n) is 12.5. The van der Waals surface area contributed by atoms with Crippen LogP contribution >= 0.6 is 47.0 Å². The Balaban J connectivity index is 1.83. The first-order valence-corrected chi connectivity index (χ1v) is 12.2. The van der Waals surface area contributed by atoms with E-state index >= 15 is 0 Å². The van der Waals surface area contributed by atoms with Gasteiger partial charge in [0.1, 0.15) is 0 Å². The van der Waals surface area contributed by atoms with E-state index in [2.05, 4.69) is 82.3 Å². The highest BCUT2D eigenvalue weighted by Gasteiger charge is 2.06. The minimum Gasteiger partial charge on any atom is -0.370 e. The van der Waals surface area contributed by atoms with E-state index in [0.717, 1.165) is 0 Å². The lowest BCUT2D eigenvalue weighted by atomic mass is 10.3. The fourth-order valence-corrected chi connectivity index (χ4v) is 6.46. The van der Waals surface area contributed by atoms with Gasteiger partial charge < -0.3 is 4.90 Å². The van der Waals surface area contributed by atoms with Crippen molar-refractivity contribution in [3.8, 4) is 0 Å². The summed E-state index contributed by atoms with van der Waals surface area (Å²) < 4.78 is 0. The highest BCUT2D eigenvalue weighted by atomic mass is 32.2. The molecule has 1 fully saturated rings. The Bertz CT molecular complexity index is 345. The summed E-state index contributed by atoms with van der Waals surface area (Å²) in [6.07, 6.45) is 0. The van der Waals surface area contributed by atoms with Gasteiger partial charge in [0.2, 0.25) is 0 Å². The van der Waals surface area contributed by atoms with Gasteiger partial charge in [-0.2, -0.15) is 47.0 Å². The fourth-order valence-electron chi connectivity index (χ4n) is 2.12. The summed E-state index contributed by atoms with van der Waals surface area (Å²) in [5, 5.41) is 0. The Kier molecular flexibility index (Phi) is 10.1. The van der Waals surface area contributed by atoms with Gasteiger partial charge in [-0.05, 0) is 12.1 Å². The van der Waals surface area contributed by atoms with E-state index in [-0.39, 0.29) is 0 Å². The molecule has 0 unspecified atom stereocenters. The third kappa shape index (κ3) is 8.00. The van der Waals surface area contributed by atoms with Gasteiger partial charge in [-0.15, -0.1) is 0 Å². The fraction of sp³-hybridized carbons (Fsp3) is 0.625. The van der Waals surface area contributed by atoms with E-state index in [9.17, 15) is 0 Å². The molecule has 1 nitrogen and oxygen atoms in total. The van der Waals surface area contributed by atoms with E-state index in [4.69, 9.17) is 0 Å². The molecule has 118 valence electrons. The largest absolute Gasteiger partial charge is 0.370 e.